The minimum atomic E-state index is -3.19. The molecule has 0 bridgehead atoms. The molecular formula is C8H10ClO2S. The van der Waals surface area contributed by atoms with Gasteiger partial charge in [-0.15, -0.1) is 0 Å². The maximum Gasteiger partial charge on any atom is 0.229 e. The summed E-state index contributed by atoms with van der Waals surface area (Å²) < 4.78 is 18.8. The lowest BCUT2D eigenvalue weighted by Crippen LogP contribution is -1.76. The first-order chi connectivity index (χ1) is 5.39. The molecule has 0 aliphatic carbocycles. The van der Waals surface area contributed by atoms with Gasteiger partial charge < -0.3 is 0 Å². The average Bonchev–Trinajstić information content (AvgIpc) is 1.85. The van der Waals surface area contributed by atoms with Crippen molar-refractivity contribution < 1.29 is 8.42 Å². The summed E-state index contributed by atoms with van der Waals surface area (Å²) in [6, 6.07) is 9.87. The van der Waals surface area contributed by atoms with Crippen LogP contribution in [0.5, 0.6) is 0 Å². The highest BCUT2D eigenvalue weighted by Crippen LogP contribution is 1.92. The van der Waals surface area contributed by atoms with Crippen molar-refractivity contribution in [3.05, 3.63) is 42.8 Å². The van der Waals surface area contributed by atoms with Gasteiger partial charge in [-0.25, -0.2) is 8.42 Å². The van der Waals surface area contributed by atoms with E-state index in [1.165, 1.54) is 0 Å². The van der Waals surface area contributed by atoms with E-state index < -0.39 is 9.05 Å². The van der Waals surface area contributed by atoms with Gasteiger partial charge in [0.2, 0.25) is 9.05 Å². The van der Waals surface area contributed by atoms with Gasteiger partial charge in [-0.2, -0.15) is 0 Å². The standard InChI is InChI=1S/C7H7.CH3ClO2S/c1-7-5-3-2-4-6-7;1-5(2,3)4/h2-6H,1H2;1H3. The van der Waals surface area contributed by atoms with Crippen molar-refractivity contribution in [3.63, 3.8) is 0 Å². The van der Waals surface area contributed by atoms with Gasteiger partial charge >= 0.3 is 0 Å². The van der Waals surface area contributed by atoms with Crippen LogP contribution in [0.2, 0.25) is 0 Å². The van der Waals surface area contributed by atoms with E-state index in [1.807, 2.05) is 30.3 Å². The van der Waals surface area contributed by atoms with Crippen LogP contribution in [0.25, 0.3) is 0 Å². The largest absolute Gasteiger partial charge is 0.229 e. The first-order valence-electron chi connectivity index (χ1n) is 3.16. The lowest BCUT2D eigenvalue weighted by atomic mass is 10.2. The van der Waals surface area contributed by atoms with Crippen LogP contribution < -0.4 is 0 Å². The van der Waals surface area contributed by atoms with Gasteiger partial charge in [-0.05, 0) is 12.5 Å². The Morgan fingerprint density at radius 3 is 1.75 bits per heavy atom. The molecule has 0 spiro atoms. The normalized spacial score (nSPS) is 9.92. The molecule has 0 N–H and O–H groups in total. The smallest absolute Gasteiger partial charge is 0.213 e. The molecule has 4 heteroatoms. The van der Waals surface area contributed by atoms with Crippen molar-refractivity contribution in [2.75, 3.05) is 6.26 Å². The van der Waals surface area contributed by atoms with Gasteiger partial charge in [-0.1, -0.05) is 30.3 Å². The molecule has 0 fully saturated rings. The summed E-state index contributed by atoms with van der Waals surface area (Å²) in [4.78, 5) is 0. The zero-order chi connectivity index (χ0) is 9.61. The van der Waals surface area contributed by atoms with Crippen LogP contribution in [0.3, 0.4) is 0 Å². The summed E-state index contributed by atoms with van der Waals surface area (Å²) in [6.07, 6.45) is 0.925. The summed E-state index contributed by atoms with van der Waals surface area (Å²) in [5.41, 5.74) is 1.07. The van der Waals surface area contributed by atoms with Crippen LogP contribution in [0.15, 0.2) is 30.3 Å². The van der Waals surface area contributed by atoms with E-state index in [9.17, 15) is 8.42 Å². The monoisotopic (exact) mass is 205 g/mol. The summed E-state index contributed by atoms with van der Waals surface area (Å²) in [6.45, 7) is 3.72. The molecule has 0 saturated heterocycles. The van der Waals surface area contributed by atoms with Crippen LogP contribution in [-0.4, -0.2) is 14.7 Å². The molecule has 0 aromatic heterocycles. The molecule has 12 heavy (non-hydrogen) atoms. The summed E-state index contributed by atoms with van der Waals surface area (Å²) >= 11 is 0. The molecule has 0 amide bonds. The second-order valence-corrected chi connectivity index (χ2v) is 5.21. The molecule has 1 aromatic rings. The molecule has 0 heterocycles. The summed E-state index contributed by atoms with van der Waals surface area (Å²) in [5, 5.41) is 0. The molecule has 2 nitrogen and oxygen atoms in total. The van der Waals surface area contributed by atoms with Crippen molar-refractivity contribution in [1.29, 1.82) is 0 Å². The van der Waals surface area contributed by atoms with Crippen LogP contribution in [0.4, 0.5) is 0 Å². The van der Waals surface area contributed by atoms with Crippen LogP contribution in [0, 0.1) is 6.92 Å². The molecule has 1 aromatic carbocycles. The fourth-order valence-corrected chi connectivity index (χ4v) is 0.478. The number of benzene rings is 1. The van der Waals surface area contributed by atoms with Crippen LogP contribution >= 0.6 is 10.7 Å². The quantitative estimate of drug-likeness (QED) is 0.608. The molecule has 0 saturated carbocycles. The van der Waals surface area contributed by atoms with E-state index in [0.717, 1.165) is 11.8 Å². The van der Waals surface area contributed by atoms with Gasteiger partial charge in [0.05, 0.1) is 6.26 Å². The van der Waals surface area contributed by atoms with Crippen molar-refractivity contribution >= 4 is 19.7 Å². The lowest BCUT2D eigenvalue weighted by Gasteiger charge is -1.82. The van der Waals surface area contributed by atoms with Crippen molar-refractivity contribution in [2.45, 2.75) is 0 Å². The van der Waals surface area contributed by atoms with Gasteiger partial charge in [0, 0.05) is 10.7 Å². The highest BCUT2D eigenvalue weighted by atomic mass is 35.7. The Morgan fingerprint density at radius 1 is 1.25 bits per heavy atom. The predicted molar refractivity (Wildman–Crippen MR) is 51.6 cm³/mol. The van der Waals surface area contributed by atoms with Gasteiger partial charge in [0.1, 0.15) is 0 Å². The van der Waals surface area contributed by atoms with Crippen LogP contribution in [0.1, 0.15) is 5.56 Å². The average molecular weight is 206 g/mol. The molecule has 0 atom stereocenters. The predicted octanol–water partition coefficient (Wildman–Crippen LogP) is 2.05. The minimum absolute atomic E-state index is 0.925. The van der Waals surface area contributed by atoms with Crippen molar-refractivity contribution in [3.8, 4) is 0 Å². The van der Waals surface area contributed by atoms with Crippen LogP contribution in [-0.2, 0) is 9.05 Å². The Morgan fingerprint density at radius 2 is 1.58 bits per heavy atom. The van der Waals surface area contributed by atoms with Gasteiger partial charge in [0.25, 0.3) is 0 Å². The van der Waals surface area contributed by atoms with E-state index in [0.29, 0.717) is 0 Å². The fraction of sp³-hybridized carbons (Fsp3) is 0.125. The Labute approximate surface area is 77.6 Å². The molecule has 67 valence electrons. The Balaban J connectivity index is 0.000000217. The fourth-order valence-electron chi connectivity index (χ4n) is 0.478. The zero-order valence-corrected chi connectivity index (χ0v) is 8.27. The topological polar surface area (TPSA) is 34.1 Å². The third-order valence-corrected chi connectivity index (χ3v) is 0.843. The first kappa shape index (κ1) is 11.5. The SMILES string of the molecule is CS(=O)(=O)Cl.[CH2]c1ccccc1. The number of hydrogen-bond donors (Lipinski definition) is 0. The van der Waals surface area contributed by atoms with Crippen molar-refractivity contribution in [2.24, 2.45) is 0 Å². The highest BCUT2D eigenvalue weighted by Gasteiger charge is 1.83. The summed E-state index contributed by atoms with van der Waals surface area (Å²) in [7, 11) is 1.31. The Hall–Kier alpha value is -0.540. The number of rotatable bonds is 0. The third-order valence-electron chi connectivity index (χ3n) is 0.843. The zero-order valence-electron chi connectivity index (χ0n) is 6.70. The van der Waals surface area contributed by atoms with Crippen molar-refractivity contribution in [1.82, 2.24) is 0 Å². The minimum Gasteiger partial charge on any atom is -0.213 e. The second kappa shape index (κ2) is 5.17. The molecule has 0 aliphatic rings. The molecule has 0 aliphatic heterocycles. The van der Waals surface area contributed by atoms with E-state index in [4.69, 9.17) is 0 Å². The van der Waals surface area contributed by atoms with E-state index >= 15 is 0 Å². The van der Waals surface area contributed by atoms with E-state index in [2.05, 4.69) is 17.6 Å². The maximum absolute atomic E-state index is 9.40. The highest BCUT2D eigenvalue weighted by molar-refractivity contribution is 8.13. The van der Waals surface area contributed by atoms with E-state index in [1.54, 1.807) is 0 Å². The molecular weight excluding hydrogens is 196 g/mol. The van der Waals surface area contributed by atoms with Gasteiger partial charge in [-0.3, -0.25) is 0 Å². The van der Waals surface area contributed by atoms with Gasteiger partial charge in [0.15, 0.2) is 0 Å². The van der Waals surface area contributed by atoms with E-state index in [-0.39, 0.29) is 0 Å². The molecule has 1 radical (unpaired) electrons. The first-order valence-corrected chi connectivity index (χ1v) is 5.88. The number of halogens is 1. The summed E-state index contributed by atoms with van der Waals surface area (Å²) in [5.74, 6) is 0. The third kappa shape index (κ3) is 12.2. The maximum atomic E-state index is 9.40. The second-order valence-electron chi connectivity index (χ2n) is 2.17. The molecule has 0 unspecified atom stereocenters. The number of hydrogen-bond acceptors (Lipinski definition) is 2. The Kier molecular flexibility index (Phi) is 4.93. The molecule has 1 rings (SSSR count). The Bertz CT molecular complexity index is 297. The lowest BCUT2D eigenvalue weighted by molar-refractivity contribution is 0.615.